The van der Waals surface area contributed by atoms with Gasteiger partial charge in [-0.2, -0.15) is 0 Å². The molecular formula is C14H23N3. The number of likely N-dealkylation sites (N-methyl/N-ethyl adjacent to an activating group) is 1. The summed E-state index contributed by atoms with van der Waals surface area (Å²) in [5.74, 6) is 0. The van der Waals surface area contributed by atoms with E-state index in [0.717, 1.165) is 13.0 Å². The molecule has 0 aliphatic carbocycles. The van der Waals surface area contributed by atoms with E-state index in [4.69, 9.17) is 0 Å². The molecule has 3 heteroatoms. The van der Waals surface area contributed by atoms with Gasteiger partial charge in [0.25, 0.3) is 0 Å². The molecule has 0 spiro atoms. The van der Waals surface area contributed by atoms with Crippen molar-refractivity contribution in [1.82, 2.24) is 15.2 Å². The van der Waals surface area contributed by atoms with E-state index < -0.39 is 0 Å². The van der Waals surface area contributed by atoms with Gasteiger partial charge in [0.2, 0.25) is 0 Å². The Bertz CT molecular complexity index is 307. The highest BCUT2D eigenvalue weighted by Gasteiger charge is 2.14. The van der Waals surface area contributed by atoms with Crippen molar-refractivity contribution in [2.45, 2.75) is 31.7 Å². The van der Waals surface area contributed by atoms with Gasteiger partial charge in [-0.25, -0.2) is 0 Å². The van der Waals surface area contributed by atoms with Crippen LogP contribution in [0.3, 0.4) is 0 Å². The zero-order valence-electron chi connectivity index (χ0n) is 10.7. The number of aromatic nitrogens is 1. The number of nitrogens with one attached hydrogen (secondary N) is 1. The van der Waals surface area contributed by atoms with Gasteiger partial charge in [-0.1, -0.05) is 6.42 Å². The average Bonchev–Trinajstić information content (AvgIpc) is 2.39. The van der Waals surface area contributed by atoms with Crippen LogP contribution in [0.4, 0.5) is 0 Å². The minimum Gasteiger partial charge on any atom is -0.313 e. The van der Waals surface area contributed by atoms with Crippen molar-refractivity contribution >= 4 is 0 Å². The average molecular weight is 233 g/mol. The molecule has 1 fully saturated rings. The summed E-state index contributed by atoms with van der Waals surface area (Å²) < 4.78 is 0. The first-order valence-corrected chi connectivity index (χ1v) is 6.65. The Kier molecular flexibility index (Phi) is 4.95. The van der Waals surface area contributed by atoms with Crippen molar-refractivity contribution in [3.8, 4) is 0 Å². The molecule has 2 rings (SSSR count). The molecule has 0 amide bonds. The van der Waals surface area contributed by atoms with Crippen LogP contribution in [0.15, 0.2) is 24.5 Å². The standard InChI is InChI=1S/C14H23N3/c1-17(12-14-4-2-3-8-16-14)11-7-13-5-9-15-10-6-13/h5-6,9-10,14,16H,2-4,7-8,11-12H2,1H3/t14-/m0/s1. The summed E-state index contributed by atoms with van der Waals surface area (Å²) in [7, 11) is 2.22. The molecule has 94 valence electrons. The van der Waals surface area contributed by atoms with Crippen LogP contribution < -0.4 is 5.32 Å². The van der Waals surface area contributed by atoms with Gasteiger partial charge in [-0.05, 0) is 50.6 Å². The number of pyridine rings is 1. The van der Waals surface area contributed by atoms with Gasteiger partial charge in [-0.15, -0.1) is 0 Å². The van der Waals surface area contributed by atoms with Gasteiger partial charge in [0, 0.05) is 31.5 Å². The van der Waals surface area contributed by atoms with E-state index in [0.29, 0.717) is 6.04 Å². The molecule has 0 saturated carbocycles. The van der Waals surface area contributed by atoms with E-state index in [2.05, 4.69) is 34.4 Å². The summed E-state index contributed by atoms with van der Waals surface area (Å²) in [6.45, 7) is 3.50. The van der Waals surface area contributed by atoms with Crippen molar-refractivity contribution in [3.63, 3.8) is 0 Å². The number of hydrogen-bond acceptors (Lipinski definition) is 3. The molecule has 0 unspecified atom stereocenters. The summed E-state index contributed by atoms with van der Waals surface area (Å²) in [4.78, 5) is 6.48. The van der Waals surface area contributed by atoms with Gasteiger partial charge in [0.15, 0.2) is 0 Å². The first kappa shape index (κ1) is 12.5. The SMILES string of the molecule is CN(CCc1ccncc1)C[C@@H]1CCCCN1. The fourth-order valence-electron chi connectivity index (χ4n) is 2.42. The van der Waals surface area contributed by atoms with Crippen LogP contribution in [0.25, 0.3) is 0 Å². The summed E-state index contributed by atoms with van der Waals surface area (Å²) in [5, 5.41) is 3.60. The molecule has 17 heavy (non-hydrogen) atoms. The predicted octanol–water partition coefficient (Wildman–Crippen LogP) is 1.70. The van der Waals surface area contributed by atoms with Gasteiger partial charge in [0.05, 0.1) is 0 Å². The van der Waals surface area contributed by atoms with Crippen LogP contribution in [-0.4, -0.2) is 42.6 Å². The van der Waals surface area contributed by atoms with E-state index in [1.165, 1.54) is 37.9 Å². The molecule has 2 heterocycles. The van der Waals surface area contributed by atoms with E-state index in [1.54, 1.807) is 0 Å². The van der Waals surface area contributed by atoms with E-state index in [9.17, 15) is 0 Å². The summed E-state index contributed by atoms with van der Waals surface area (Å²) in [6, 6.07) is 4.91. The summed E-state index contributed by atoms with van der Waals surface area (Å²) >= 11 is 0. The maximum Gasteiger partial charge on any atom is 0.0270 e. The second-order valence-corrected chi connectivity index (χ2v) is 5.01. The highest BCUT2D eigenvalue weighted by atomic mass is 15.1. The lowest BCUT2D eigenvalue weighted by Gasteiger charge is -2.28. The molecule has 1 aliphatic heterocycles. The Balaban J connectivity index is 1.68. The van der Waals surface area contributed by atoms with Crippen LogP contribution in [-0.2, 0) is 6.42 Å². The van der Waals surface area contributed by atoms with Crippen LogP contribution in [0.2, 0.25) is 0 Å². The van der Waals surface area contributed by atoms with Crippen molar-refractivity contribution < 1.29 is 0 Å². The Morgan fingerprint density at radius 2 is 2.18 bits per heavy atom. The molecule has 1 saturated heterocycles. The topological polar surface area (TPSA) is 28.2 Å². The largest absolute Gasteiger partial charge is 0.313 e. The second-order valence-electron chi connectivity index (χ2n) is 5.01. The predicted molar refractivity (Wildman–Crippen MR) is 71.1 cm³/mol. The van der Waals surface area contributed by atoms with E-state index >= 15 is 0 Å². The fourth-order valence-corrected chi connectivity index (χ4v) is 2.42. The van der Waals surface area contributed by atoms with Crippen LogP contribution in [0.1, 0.15) is 24.8 Å². The smallest absolute Gasteiger partial charge is 0.0270 e. The normalized spacial score (nSPS) is 20.7. The van der Waals surface area contributed by atoms with E-state index in [-0.39, 0.29) is 0 Å². The van der Waals surface area contributed by atoms with Gasteiger partial charge >= 0.3 is 0 Å². The molecule has 0 radical (unpaired) electrons. The maximum absolute atomic E-state index is 4.04. The minimum atomic E-state index is 0.700. The number of rotatable bonds is 5. The Morgan fingerprint density at radius 1 is 1.35 bits per heavy atom. The quantitative estimate of drug-likeness (QED) is 0.839. The lowest BCUT2D eigenvalue weighted by molar-refractivity contribution is 0.264. The molecule has 0 bridgehead atoms. The summed E-state index contributed by atoms with van der Waals surface area (Å²) in [6.07, 6.45) is 8.93. The fraction of sp³-hybridized carbons (Fsp3) is 0.643. The second kappa shape index (κ2) is 6.72. The van der Waals surface area contributed by atoms with Crippen LogP contribution >= 0.6 is 0 Å². The van der Waals surface area contributed by atoms with Crippen LogP contribution in [0.5, 0.6) is 0 Å². The Hall–Kier alpha value is -0.930. The monoisotopic (exact) mass is 233 g/mol. The zero-order valence-corrected chi connectivity index (χ0v) is 10.7. The van der Waals surface area contributed by atoms with E-state index in [1.807, 2.05) is 12.4 Å². The third-order valence-corrected chi connectivity index (χ3v) is 3.48. The first-order chi connectivity index (χ1) is 8.34. The molecule has 1 aromatic heterocycles. The number of hydrogen-bond donors (Lipinski definition) is 1. The minimum absolute atomic E-state index is 0.700. The van der Waals surface area contributed by atoms with Crippen molar-refractivity contribution in [2.24, 2.45) is 0 Å². The molecule has 1 N–H and O–H groups in total. The highest BCUT2D eigenvalue weighted by Crippen LogP contribution is 2.08. The highest BCUT2D eigenvalue weighted by molar-refractivity contribution is 5.09. The lowest BCUT2D eigenvalue weighted by Crippen LogP contribution is -2.42. The molecule has 1 aliphatic rings. The third-order valence-electron chi connectivity index (χ3n) is 3.48. The molecule has 3 nitrogen and oxygen atoms in total. The number of piperidine rings is 1. The molecular weight excluding hydrogens is 210 g/mol. The van der Waals surface area contributed by atoms with Gasteiger partial charge in [-0.3, -0.25) is 4.98 Å². The van der Waals surface area contributed by atoms with Gasteiger partial charge in [0.1, 0.15) is 0 Å². The van der Waals surface area contributed by atoms with Crippen molar-refractivity contribution in [3.05, 3.63) is 30.1 Å². The van der Waals surface area contributed by atoms with Crippen LogP contribution in [0, 0.1) is 0 Å². The Labute approximate surface area is 104 Å². The first-order valence-electron chi connectivity index (χ1n) is 6.65. The molecule has 1 aromatic rings. The molecule has 0 aromatic carbocycles. The van der Waals surface area contributed by atoms with Crippen molar-refractivity contribution in [2.75, 3.05) is 26.7 Å². The van der Waals surface area contributed by atoms with Gasteiger partial charge < -0.3 is 10.2 Å². The maximum atomic E-state index is 4.04. The zero-order chi connectivity index (χ0) is 11.9. The van der Waals surface area contributed by atoms with Crippen molar-refractivity contribution in [1.29, 1.82) is 0 Å². The number of nitrogens with zero attached hydrogens (tertiary/aromatic N) is 2. The molecule has 1 atom stereocenters. The summed E-state index contributed by atoms with van der Waals surface area (Å²) in [5.41, 5.74) is 1.38. The Morgan fingerprint density at radius 3 is 2.88 bits per heavy atom. The lowest BCUT2D eigenvalue weighted by atomic mass is 10.0. The third kappa shape index (κ3) is 4.44.